The minimum Gasteiger partial charge on any atom is -0.351 e. The highest BCUT2D eigenvalue weighted by molar-refractivity contribution is 5.92. The van der Waals surface area contributed by atoms with Gasteiger partial charge in [0.1, 0.15) is 0 Å². The van der Waals surface area contributed by atoms with Crippen LogP contribution < -0.4 is 10.2 Å². The van der Waals surface area contributed by atoms with Gasteiger partial charge in [0.2, 0.25) is 0 Å². The van der Waals surface area contributed by atoms with Gasteiger partial charge >= 0.3 is 6.03 Å². The Morgan fingerprint density at radius 1 is 1.00 bits per heavy atom. The molecule has 0 unspecified atom stereocenters. The fraction of sp³-hybridized carbons (Fsp3) is 0.318. The number of nitrogens with zero attached hydrogens (tertiary/aromatic N) is 4. The molecule has 0 atom stereocenters. The summed E-state index contributed by atoms with van der Waals surface area (Å²) < 4.78 is 0. The lowest BCUT2D eigenvalue weighted by Gasteiger charge is -2.35. The first-order valence-electron chi connectivity index (χ1n) is 9.73. The number of urea groups is 1. The van der Waals surface area contributed by atoms with Gasteiger partial charge in [-0.05, 0) is 23.6 Å². The Morgan fingerprint density at radius 3 is 2.43 bits per heavy atom. The van der Waals surface area contributed by atoms with Crippen LogP contribution in [0, 0.1) is 0 Å². The number of hydrogen-bond acceptors (Lipinski definition) is 4. The molecule has 4 rings (SSSR count). The fourth-order valence-corrected chi connectivity index (χ4v) is 3.52. The summed E-state index contributed by atoms with van der Waals surface area (Å²) in [5.74, 6) is 1.37. The number of aromatic nitrogens is 2. The molecule has 2 aromatic carbocycles. The van der Waals surface area contributed by atoms with Crippen LogP contribution in [-0.4, -0.2) is 47.3 Å². The Kier molecular flexibility index (Phi) is 5.10. The molecule has 2 amide bonds. The molecule has 1 aliphatic heterocycles. The lowest BCUT2D eigenvalue weighted by atomic mass is 10.0. The maximum absolute atomic E-state index is 12.6. The molecule has 28 heavy (non-hydrogen) atoms. The molecule has 0 bridgehead atoms. The summed E-state index contributed by atoms with van der Waals surface area (Å²) in [6.07, 6.45) is 1.78. The predicted octanol–water partition coefficient (Wildman–Crippen LogP) is 4.11. The van der Waals surface area contributed by atoms with Crippen LogP contribution in [0.5, 0.6) is 0 Å². The number of benzene rings is 2. The average Bonchev–Trinajstić information content (AvgIpc) is 2.74. The number of fused-ring (bicyclic) bond motifs is 1. The molecule has 2 heterocycles. The third-order valence-electron chi connectivity index (χ3n) is 5.25. The smallest absolute Gasteiger partial charge is 0.321 e. The van der Waals surface area contributed by atoms with Crippen LogP contribution in [0.2, 0.25) is 0 Å². The van der Waals surface area contributed by atoms with Crippen LogP contribution in [0.15, 0.2) is 54.7 Å². The van der Waals surface area contributed by atoms with Crippen LogP contribution in [-0.2, 0) is 0 Å². The first kappa shape index (κ1) is 18.2. The van der Waals surface area contributed by atoms with Crippen molar-refractivity contribution in [1.29, 1.82) is 0 Å². The average molecular weight is 375 g/mol. The van der Waals surface area contributed by atoms with Crippen LogP contribution >= 0.6 is 0 Å². The number of amides is 2. The number of carbonyl (C=O) groups excluding carboxylic acids is 1. The van der Waals surface area contributed by atoms with E-state index in [9.17, 15) is 4.79 Å². The fourth-order valence-electron chi connectivity index (χ4n) is 3.52. The lowest BCUT2D eigenvalue weighted by Crippen LogP contribution is -2.50. The number of rotatable bonds is 3. The maximum Gasteiger partial charge on any atom is 0.321 e. The molecule has 0 saturated carbocycles. The van der Waals surface area contributed by atoms with E-state index in [0.717, 1.165) is 35.4 Å². The molecule has 0 radical (unpaired) electrons. The molecule has 1 fully saturated rings. The second-order valence-electron chi connectivity index (χ2n) is 7.44. The van der Waals surface area contributed by atoms with Gasteiger partial charge in [0, 0.05) is 42.6 Å². The molecule has 6 heteroatoms. The lowest BCUT2D eigenvalue weighted by molar-refractivity contribution is 0.208. The maximum atomic E-state index is 12.6. The van der Waals surface area contributed by atoms with Crippen molar-refractivity contribution in [3.8, 4) is 0 Å². The predicted molar refractivity (Wildman–Crippen MR) is 113 cm³/mol. The van der Waals surface area contributed by atoms with Gasteiger partial charge in [-0.25, -0.2) is 4.79 Å². The van der Waals surface area contributed by atoms with Gasteiger partial charge in [-0.3, -0.25) is 0 Å². The zero-order valence-corrected chi connectivity index (χ0v) is 16.3. The third-order valence-corrected chi connectivity index (χ3v) is 5.25. The molecule has 144 valence electrons. The van der Waals surface area contributed by atoms with E-state index in [1.165, 1.54) is 5.56 Å². The molecule has 0 aliphatic carbocycles. The molecule has 1 N–H and O–H groups in total. The zero-order valence-electron chi connectivity index (χ0n) is 16.3. The summed E-state index contributed by atoms with van der Waals surface area (Å²) in [5.41, 5.74) is 2.10. The molecule has 1 aromatic heterocycles. The van der Waals surface area contributed by atoms with E-state index in [0.29, 0.717) is 19.0 Å². The second-order valence-corrected chi connectivity index (χ2v) is 7.44. The van der Waals surface area contributed by atoms with E-state index in [2.05, 4.69) is 52.5 Å². The van der Waals surface area contributed by atoms with Gasteiger partial charge < -0.3 is 15.1 Å². The van der Waals surface area contributed by atoms with E-state index in [4.69, 9.17) is 0 Å². The van der Waals surface area contributed by atoms with Crippen molar-refractivity contribution in [3.05, 3.63) is 60.3 Å². The Labute approximate surface area is 165 Å². The van der Waals surface area contributed by atoms with Crippen LogP contribution in [0.1, 0.15) is 25.3 Å². The summed E-state index contributed by atoms with van der Waals surface area (Å²) in [6.45, 7) is 7.10. The molecule has 1 aliphatic rings. The standard InChI is InChI=1S/C22H25N5O/c1-16(2)17-7-9-19(10-8-17)24-22(28)27-13-11-26(12-14-27)21-20-6-4-3-5-18(20)15-23-25-21/h3-10,15-16H,11-14H2,1-2H3,(H,24,28). The normalized spacial score (nSPS) is 14.5. The summed E-state index contributed by atoms with van der Waals surface area (Å²) in [7, 11) is 0. The SMILES string of the molecule is CC(C)c1ccc(NC(=O)N2CCN(c3nncc4ccccc34)CC2)cc1. The quantitative estimate of drug-likeness (QED) is 0.748. The van der Waals surface area contributed by atoms with Crippen molar-refractivity contribution in [1.82, 2.24) is 15.1 Å². The molecule has 1 saturated heterocycles. The Balaban J connectivity index is 1.39. The molecule has 0 spiro atoms. The van der Waals surface area contributed by atoms with Gasteiger partial charge in [-0.15, -0.1) is 5.10 Å². The summed E-state index contributed by atoms with van der Waals surface area (Å²) in [5, 5.41) is 13.7. The largest absolute Gasteiger partial charge is 0.351 e. The van der Waals surface area contributed by atoms with E-state index in [-0.39, 0.29) is 6.03 Å². The highest BCUT2D eigenvalue weighted by Gasteiger charge is 2.23. The first-order chi connectivity index (χ1) is 13.6. The molecular formula is C22H25N5O. The third kappa shape index (κ3) is 3.76. The minimum atomic E-state index is -0.0547. The Morgan fingerprint density at radius 2 is 1.71 bits per heavy atom. The summed E-state index contributed by atoms with van der Waals surface area (Å²) in [6, 6.07) is 16.1. The van der Waals surface area contributed by atoms with E-state index in [1.807, 2.05) is 35.2 Å². The minimum absolute atomic E-state index is 0.0547. The zero-order chi connectivity index (χ0) is 19.5. The molecular weight excluding hydrogens is 350 g/mol. The van der Waals surface area contributed by atoms with Crippen molar-refractivity contribution in [3.63, 3.8) is 0 Å². The van der Waals surface area contributed by atoms with Gasteiger partial charge in [0.15, 0.2) is 5.82 Å². The topological polar surface area (TPSA) is 61.4 Å². The van der Waals surface area contributed by atoms with Crippen molar-refractivity contribution < 1.29 is 4.79 Å². The van der Waals surface area contributed by atoms with Gasteiger partial charge in [0.25, 0.3) is 0 Å². The van der Waals surface area contributed by atoms with E-state index in [1.54, 1.807) is 6.20 Å². The van der Waals surface area contributed by atoms with Crippen molar-refractivity contribution in [2.24, 2.45) is 0 Å². The van der Waals surface area contributed by atoms with Crippen LogP contribution in [0.25, 0.3) is 10.8 Å². The number of nitrogens with one attached hydrogen (secondary N) is 1. The Bertz CT molecular complexity index is 957. The Hall–Kier alpha value is -3.15. The number of carbonyl (C=O) groups is 1. The number of anilines is 2. The van der Waals surface area contributed by atoms with Crippen LogP contribution in [0.4, 0.5) is 16.3 Å². The van der Waals surface area contributed by atoms with E-state index < -0.39 is 0 Å². The van der Waals surface area contributed by atoms with Gasteiger partial charge in [0.05, 0.1) is 6.20 Å². The van der Waals surface area contributed by atoms with Crippen LogP contribution in [0.3, 0.4) is 0 Å². The molecule has 6 nitrogen and oxygen atoms in total. The van der Waals surface area contributed by atoms with E-state index >= 15 is 0 Å². The number of piperazine rings is 1. The van der Waals surface area contributed by atoms with Crippen molar-refractivity contribution >= 4 is 28.3 Å². The summed E-state index contributed by atoms with van der Waals surface area (Å²) in [4.78, 5) is 16.7. The van der Waals surface area contributed by atoms with Gasteiger partial charge in [-0.2, -0.15) is 5.10 Å². The monoisotopic (exact) mass is 375 g/mol. The number of hydrogen-bond donors (Lipinski definition) is 1. The van der Waals surface area contributed by atoms with Crippen molar-refractivity contribution in [2.75, 3.05) is 36.4 Å². The van der Waals surface area contributed by atoms with Crippen molar-refractivity contribution in [2.45, 2.75) is 19.8 Å². The van der Waals surface area contributed by atoms with Gasteiger partial charge in [-0.1, -0.05) is 50.2 Å². The molecule has 3 aromatic rings. The second kappa shape index (κ2) is 7.84. The first-order valence-corrected chi connectivity index (χ1v) is 9.73. The highest BCUT2D eigenvalue weighted by atomic mass is 16.2. The summed E-state index contributed by atoms with van der Waals surface area (Å²) >= 11 is 0. The highest BCUT2D eigenvalue weighted by Crippen LogP contribution is 2.24.